The molecule has 134 valence electrons. The molecule has 1 fully saturated rings. The molecule has 0 amide bonds. The van der Waals surface area contributed by atoms with E-state index in [0.717, 1.165) is 25.1 Å². The Morgan fingerprint density at radius 3 is 2.65 bits per heavy atom. The molecular weight excluding hydrogens is 379 g/mol. The van der Waals surface area contributed by atoms with Crippen LogP contribution in [0.4, 0.5) is 0 Å². The van der Waals surface area contributed by atoms with Gasteiger partial charge in [-0.3, -0.25) is 4.57 Å². The number of halogens is 2. The van der Waals surface area contributed by atoms with Crippen molar-refractivity contribution >= 4 is 45.5 Å². The molecule has 1 aliphatic heterocycles. The van der Waals surface area contributed by atoms with Crippen molar-refractivity contribution in [2.75, 3.05) is 6.61 Å². The van der Waals surface area contributed by atoms with Crippen LogP contribution in [0.25, 0.3) is 22.3 Å². The van der Waals surface area contributed by atoms with E-state index in [1.807, 2.05) is 4.57 Å². The van der Waals surface area contributed by atoms with Crippen molar-refractivity contribution in [3.63, 3.8) is 0 Å². The topological polar surface area (TPSA) is 107 Å². The molecule has 0 aromatic carbocycles. The number of rotatable bonds is 1. The lowest BCUT2D eigenvalue weighted by atomic mass is 10.2. The lowest BCUT2D eigenvalue weighted by Gasteiger charge is -2.23. The largest absolute Gasteiger partial charge is 0.358 e. The minimum Gasteiger partial charge on any atom is -0.358 e. The number of aromatic nitrogens is 8. The molecule has 9 nitrogen and oxygen atoms in total. The zero-order valence-electron chi connectivity index (χ0n) is 13.5. The molecule has 5 rings (SSSR count). The molecule has 0 spiro atoms. The first-order chi connectivity index (χ1) is 12.7. The van der Waals surface area contributed by atoms with Crippen molar-refractivity contribution < 1.29 is 4.74 Å². The molecule has 1 atom stereocenters. The Kier molecular flexibility index (Phi) is 4.91. The molecule has 4 aromatic heterocycles. The molecule has 1 saturated heterocycles. The van der Waals surface area contributed by atoms with Gasteiger partial charge in [0.1, 0.15) is 29.9 Å². The monoisotopic (exact) mass is 392 g/mol. The molecule has 0 radical (unpaired) electrons. The van der Waals surface area contributed by atoms with Gasteiger partial charge in [-0.15, -0.1) is 0 Å². The van der Waals surface area contributed by atoms with Gasteiger partial charge in [-0.05, 0) is 19.3 Å². The quantitative estimate of drug-likeness (QED) is 0.495. The van der Waals surface area contributed by atoms with Gasteiger partial charge in [0.15, 0.2) is 21.6 Å². The van der Waals surface area contributed by atoms with E-state index >= 15 is 0 Å². The summed E-state index contributed by atoms with van der Waals surface area (Å²) in [7, 11) is 0. The standard InChI is InChI=1S/C10H11ClN4O.C5H3ClN4/c11-9-8-10(13-5-12-9)15(6-14-8)7-3-1-2-4-16-7;6-4-3-5(9-1-7-3)10-2-8-4/h5-7H,1-4H2;1-2H,(H,7,8,9,10). The van der Waals surface area contributed by atoms with E-state index in [1.165, 1.54) is 25.4 Å². The molecule has 1 N–H and O–H groups in total. The predicted octanol–water partition coefficient (Wildman–Crippen LogP) is 3.19. The molecule has 0 aliphatic carbocycles. The fourth-order valence-electron chi connectivity index (χ4n) is 2.71. The Balaban J connectivity index is 0.000000144. The molecule has 1 aliphatic rings. The van der Waals surface area contributed by atoms with E-state index in [1.54, 1.807) is 6.33 Å². The normalized spacial score (nSPS) is 17.2. The maximum absolute atomic E-state index is 5.94. The number of hydrogen-bond donors (Lipinski definition) is 1. The summed E-state index contributed by atoms with van der Waals surface area (Å²) in [5.41, 5.74) is 2.66. The number of ether oxygens (including phenoxy) is 1. The Hall–Kier alpha value is -2.36. The molecule has 26 heavy (non-hydrogen) atoms. The highest BCUT2D eigenvalue weighted by Crippen LogP contribution is 2.26. The van der Waals surface area contributed by atoms with Crippen molar-refractivity contribution in [2.45, 2.75) is 25.5 Å². The van der Waals surface area contributed by atoms with Crippen LogP contribution in [0.1, 0.15) is 25.5 Å². The molecular formula is C15H14Cl2N8O. The van der Waals surface area contributed by atoms with E-state index < -0.39 is 0 Å². The number of fused-ring (bicyclic) bond motifs is 2. The summed E-state index contributed by atoms with van der Waals surface area (Å²) in [6.07, 6.45) is 9.41. The van der Waals surface area contributed by atoms with Crippen LogP contribution < -0.4 is 0 Å². The zero-order chi connectivity index (χ0) is 17.9. The fourth-order valence-corrected chi connectivity index (χ4v) is 3.07. The second kappa shape index (κ2) is 7.48. The Labute approximate surface area is 157 Å². The minimum atomic E-state index is 0.0321. The van der Waals surface area contributed by atoms with E-state index in [0.29, 0.717) is 27.0 Å². The predicted molar refractivity (Wildman–Crippen MR) is 95.9 cm³/mol. The van der Waals surface area contributed by atoms with Gasteiger partial charge in [0.05, 0.1) is 12.7 Å². The number of nitrogens with zero attached hydrogens (tertiary/aromatic N) is 7. The van der Waals surface area contributed by atoms with Gasteiger partial charge < -0.3 is 9.72 Å². The van der Waals surface area contributed by atoms with Crippen LogP contribution in [0.5, 0.6) is 0 Å². The zero-order valence-corrected chi connectivity index (χ0v) is 15.0. The second-order valence-electron chi connectivity index (χ2n) is 5.58. The molecule has 0 saturated carbocycles. The molecule has 0 bridgehead atoms. The van der Waals surface area contributed by atoms with Crippen LogP contribution in [0.3, 0.4) is 0 Å². The minimum absolute atomic E-state index is 0.0321. The summed E-state index contributed by atoms with van der Waals surface area (Å²) in [4.78, 5) is 26.7. The highest BCUT2D eigenvalue weighted by atomic mass is 35.5. The highest BCUT2D eigenvalue weighted by Gasteiger charge is 2.19. The molecule has 1 unspecified atom stereocenters. The van der Waals surface area contributed by atoms with E-state index in [9.17, 15) is 0 Å². The number of H-pyrrole nitrogens is 1. The Morgan fingerprint density at radius 1 is 1.00 bits per heavy atom. The van der Waals surface area contributed by atoms with Gasteiger partial charge in [-0.2, -0.15) is 0 Å². The summed E-state index contributed by atoms with van der Waals surface area (Å²) in [6, 6.07) is 0. The van der Waals surface area contributed by atoms with Gasteiger partial charge in [0, 0.05) is 6.61 Å². The van der Waals surface area contributed by atoms with Crippen LogP contribution in [-0.4, -0.2) is 46.1 Å². The maximum Gasteiger partial charge on any atom is 0.182 e. The molecule has 5 heterocycles. The van der Waals surface area contributed by atoms with E-state index in [2.05, 4.69) is 34.9 Å². The average molecular weight is 393 g/mol. The summed E-state index contributed by atoms with van der Waals surface area (Å²) < 4.78 is 7.62. The number of nitrogens with one attached hydrogen (secondary N) is 1. The van der Waals surface area contributed by atoms with Crippen LogP contribution in [0, 0.1) is 0 Å². The van der Waals surface area contributed by atoms with Crippen molar-refractivity contribution in [3.8, 4) is 0 Å². The van der Waals surface area contributed by atoms with Gasteiger partial charge in [0.25, 0.3) is 0 Å². The fraction of sp³-hybridized carbons (Fsp3) is 0.333. The third-order valence-corrected chi connectivity index (χ3v) is 4.52. The summed E-state index contributed by atoms with van der Waals surface area (Å²) in [6.45, 7) is 0.795. The van der Waals surface area contributed by atoms with Crippen molar-refractivity contribution in [1.82, 2.24) is 39.5 Å². The highest BCUT2D eigenvalue weighted by molar-refractivity contribution is 6.33. The lowest BCUT2D eigenvalue weighted by molar-refractivity contribution is -0.0298. The third-order valence-electron chi connectivity index (χ3n) is 3.96. The van der Waals surface area contributed by atoms with Crippen molar-refractivity contribution in [3.05, 3.63) is 35.6 Å². The van der Waals surface area contributed by atoms with Crippen molar-refractivity contribution in [2.24, 2.45) is 0 Å². The van der Waals surface area contributed by atoms with E-state index in [4.69, 9.17) is 27.9 Å². The third kappa shape index (κ3) is 3.33. The first-order valence-corrected chi connectivity index (χ1v) is 8.74. The summed E-state index contributed by atoms with van der Waals surface area (Å²) >= 11 is 11.6. The first kappa shape index (κ1) is 17.1. The SMILES string of the molecule is Clc1ncnc2c1ncn2C1CCCCO1.Clc1ncnc2nc[nH]c12. The van der Waals surface area contributed by atoms with Crippen LogP contribution >= 0.6 is 23.2 Å². The number of aromatic amines is 1. The van der Waals surface area contributed by atoms with Crippen molar-refractivity contribution in [1.29, 1.82) is 0 Å². The first-order valence-electron chi connectivity index (χ1n) is 7.98. The van der Waals surface area contributed by atoms with Crippen LogP contribution in [-0.2, 0) is 4.74 Å². The van der Waals surface area contributed by atoms with E-state index in [-0.39, 0.29) is 6.23 Å². The molecule has 4 aromatic rings. The Morgan fingerprint density at radius 2 is 1.85 bits per heavy atom. The average Bonchev–Trinajstić information content (AvgIpc) is 3.31. The molecule has 11 heteroatoms. The lowest BCUT2D eigenvalue weighted by Crippen LogP contribution is -2.17. The summed E-state index contributed by atoms with van der Waals surface area (Å²) in [5.74, 6) is 0. The number of imidazole rings is 2. The Bertz CT molecular complexity index is 1030. The van der Waals surface area contributed by atoms with Gasteiger partial charge in [-0.25, -0.2) is 29.9 Å². The smallest absolute Gasteiger partial charge is 0.182 e. The summed E-state index contributed by atoms with van der Waals surface area (Å²) in [5, 5.41) is 0.794. The second-order valence-corrected chi connectivity index (χ2v) is 6.29. The van der Waals surface area contributed by atoms with Gasteiger partial charge in [0.2, 0.25) is 0 Å². The van der Waals surface area contributed by atoms with Gasteiger partial charge in [-0.1, -0.05) is 23.2 Å². The van der Waals surface area contributed by atoms with Crippen LogP contribution in [0.15, 0.2) is 25.3 Å². The number of hydrogen-bond acceptors (Lipinski definition) is 7. The van der Waals surface area contributed by atoms with Gasteiger partial charge >= 0.3 is 0 Å². The maximum atomic E-state index is 5.94. The van der Waals surface area contributed by atoms with Crippen LogP contribution in [0.2, 0.25) is 10.3 Å².